The lowest BCUT2D eigenvalue weighted by molar-refractivity contribution is -0.127. The summed E-state index contributed by atoms with van der Waals surface area (Å²) in [5.41, 5.74) is 7.22. The Labute approximate surface area is 137 Å². The van der Waals surface area contributed by atoms with Gasteiger partial charge in [-0.25, -0.2) is 0 Å². The molecule has 0 saturated heterocycles. The fraction of sp³-hybridized carbons (Fsp3) is 0.176. The molecule has 4 nitrogen and oxygen atoms in total. The summed E-state index contributed by atoms with van der Waals surface area (Å²) in [5.74, 6) is -0.765. The van der Waals surface area contributed by atoms with Crippen LogP contribution in [-0.2, 0) is 22.4 Å². The van der Waals surface area contributed by atoms with Gasteiger partial charge in [0.1, 0.15) is 6.04 Å². The van der Waals surface area contributed by atoms with E-state index in [1.54, 1.807) is 0 Å². The Morgan fingerprint density at radius 1 is 1.05 bits per heavy atom. The highest BCUT2D eigenvalue weighted by atomic mass is 79.9. The summed E-state index contributed by atoms with van der Waals surface area (Å²) in [6, 6.07) is 16.2. The van der Waals surface area contributed by atoms with Crippen LogP contribution in [0.3, 0.4) is 0 Å². The van der Waals surface area contributed by atoms with E-state index in [0.29, 0.717) is 6.42 Å². The highest BCUT2D eigenvalue weighted by Gasteiger charge is 2.19. The lowest BCUT2D eigenvalue weighted by Crippen LogP contribution is -2.46. The zero-order valence-corrected chi connectivity index (χ0v) is 13.5. The topological polar surface area (TPSA) is 72.2 Å². The van der Waals surface area contributed by atoms with Gasteiger partial charge in [0.15, 0.2) is 0 Å². The van der Waals surface area contributed by atoms with Crippen molar-refractivity contribution in [2.24, 2.45) is 5.73 Å². The lowest BCUT2D eigenvalue weighted by atomic mass is 10.0. The van der Waals surface area contributed by atoms with Gasteiger partial charge in [-0.05, 0) is 17.2 Å². The molecule has 2 amide bonds. The quantitative estimate of drug-likeness (QED) is 0.828. The molecule has 0 fully saturated rings. The molecule has 5 heteroatoms. The average Bonchev–Trinajstić information content (AvgIpc) is 2.49. The van der Waals surface area contributed by atoms with Crippen LogP contribution in [0.4, 0.5) is 0 Å². The number of amides is 2. The predicted molar refractivity (Wildman–Crippen MR) is 89.1 cm³/mol. The molecule has 0 aliphatic rings. The van der Waals surface area contributed by atoms with Gasteiger partial charge < -0.3 is 11.1 Å². The number of hydrogen-bond acceptors (Lipinski definition) is 2. The lowest BCUT2D eigenvalue weighted by Gasteiger charge is -2.16. The fourth-order valence-corrected chi connectivity index (χ4v) is 2.58. The largest absolute Gasteiger partial charge is 0.368 e. The van der Waals surface area contributed by atoms with E-state index in [2.05, 4.69) is 21.2 Å². The summed E-state index contributed by atoms with van der Waals surface area (Å²) in [5, 5.41) is 2.71. The van der Waals surface area contributed by atoms with Crippen molar-refractivity contribution < 1.29 is 9.59 Å². The summed E-state index contributed by atoms with van der Waals surface area (Å²) in [6.45, 7) is 0. The van der Waals surface area contributed by atoms with Crippen molar-refractivity contribution in [2.75, 3.05) is 0 Å². The van der Waals surface area contributed by atoms with E-state index in [9.17, 15) is 9.59 Å². The third-order valence-electron chi connectivity index (χ3n) is 3.27. The highest BCUT2D eigenvalue weighted by Crippen LogP contribution is 2.17. The average molecular weight is 361 g/mol. The van der Waals surface area contributed by atoms with Crippen molar-refractivity contribution >= 4 is 27.7 Å². The molecule has 0 spiro atoms. The molecule has 1 atom stereocenters. The van der Waals surface area contributed by atoms with E-state index < -0.39 is 11.9 Å². The van der Waals surface area contributed by atoms with Crippen LogP contribution in [-0.4, -0.2) is 17.9 Å². The number of benzene rings is 2. The van der Waals surface area contributed by atoms with E-state index in [4.69, 9.17) is 5.73 Å². The Kier molecular flexibility index (Phi) is 5.72. The number of nitrogens with two attached hydrogens (primary N) is 1. The van der Waals surface area contributed by atoms with Crippen molar-refractivity contribution in [3.63, 3.8) is 0 Å². The number of carbonyl (C=O) groups excluding carboxylic acids is 2. The maximum atomic E-state index is 12.1. The minimum atomic E-state index is -0.727. The number of carbonyl (C=O) groups is 2. The van der Waals surface area contributed by atoms with Gasteiger partial charge in [0.05, 0.1) is 6.42 Å². The second kappa shape index (κ2) is 7.75. The maximum Gasteiger partial charge on any atom is 0.240 e. The Morgan fingerprint density at radius 3 is 2.32 bits per heavy atom. The minimum absolute atomic E-state index is 0.220. The predicted octanol–water partition coefficient (Wildman–Crippen LogP) is 2.20. The van der Waals surface area contributed by atoms with Gasteiger partial charge in [-0.2, -0.15) is 0 Å². The molecule has 0 heterocycles. The van der Waals surface area contributed by atoms with Crippen LogP contribution < -0.4 is 11.1 Å². The Balaban J connectivity index is 2.01. The summed E-state index contributed by atoms with van der Waals surface area (Å²) in [4.78, 5) is 23.7. The normalized spacial score (nSPS) is 11.7. The molecule has 2 aromatic carbocycles. The van der Waals surface area contributed by atoms with Gasteiger partial charge in [0.2, 0.25) is 11.8 Å². The number of halogens is 1. The van der Waals surface area contributed by atoms with E-state index in [0.717, 1.165) is 15.6 Å². The molecule has 0 aromatic heterocycles. The minimum Gasteiger partial charge on any atom is -0.368 e. The van der Waals surface area contributed by atoms with Crippen LogP contribution in [0.15, 0.2) is 59.1 Å². The molecular weight excluding hydrogens is 344 g/mol. The van der Waals surface area contributed by atoms with Crippen molar-refractivity contribution in [3.05, 3.63) is 70.2 Å². The van der Waals surface area contributed by atoms with Gasteiger partial charge in [-0.3, -0.25) is 9.59 Å². The molecule has 22 heavy (non-hydrogen) atoms. The van der Waals surface area contributed by atoms with Crippen LogP contribution in [0.5, 0.6) is 0 Å². The highest BCUT2D eigenvalue weighted by molar-refractivity contribution is 9.10. The van der Waals surface area contributed by atoms with Gasteiger partial charge in [-0.15, -0.1) is 0 Å². The van der Waals surface area contributed by atoms with E-state index >= 15 is 0 Å². The van der Waals surface area contributed by atoms with E-state index in [-0.39, 0.29) is 12.3 Å². The molecule has 0 radical (unpaired) electrons. The van der Waals surface area contributed by atoms with Crippen LogP contribution in [0, 0.1) is 0 Å². The molecule has 0 saturated carbocycles. The number of primary amides is 1. The standard InChI is InChI=1S/C17H17BrN2O2/c18-14-9-5-4-8-13(14)11-15(17(19)22)20-16(21)10-12-6-2-1-3-7-12/h1-9,15H,10-11H2,(H2,19,22)(H,20,21)/t15-/m0/s1. The number of nitrogens with one attached hydrogen (secondary N) is 1. The molecule has 0 aliphatic heterocycles. The second-order valence-corrected chi connectivity index (χ2v) is 5.83. The maximum absolute atomic E-state index is 12.1. The van der Waals surface area contributed by atoms with Crippen LogP contribution in [0.2, 0.25) is 0 Å². The third kappa shape index (κ3) is 4.70. The number of rotatable bonds is 6. The summed E-state index contributed by atoms with van der Waals surface area (Å²) >= 11 is 3.43. The monoisotopic (exact) mass is 360 g/mol. The zero-order chi connectivity index (χ0) is 15.9. The molecule has 114 valence electrons. The van der Waals surface area contributed by atoms with Gasteiger partial charge in [0.25, 0.3) is 0 Å². The third-order valence-corrected chi connectivity index (χ3v) is 4.04. The SMILES string of the molecule is NC(=O)[C@H](Cc1ccccc1Br)NC(=O)Cc1ccccc1. The molecular formula is C17H17BrN2O2. The summed E-state index contributed by atoms with van der Waals surface area (Å²) in [6.07, 6.45) is 0.581. The molecule has 0 unspecified atom stereocenters. The van der Waals surface area contributed by atoms with Crippen LogP contribution >= 0.6 is 15.9 Å². The van der Waals surface area contributed by atoms with Gasteiger partial charge in [-0.1, -0.05) is 64.5 Å². The summed E-state index contributed by atoms with van der Waals surface area (Å²) in [7, 11) is 0. The van der Waals surface area contributed by atoms with E-state index in [1.165, 1.54) is 0 Å². The van der Waals surface area contributed by atoms with Crippen molar-refractivity contribution in [1.29, 1.82) is 0 Å². The van der Waals surface area contributed by atoms with Crippen molar-refractivity contribution in [3.8, 4) is 0 Å². The fourth-order valence-electron chi connectivity index (χ4n) is 2.13. The first-order valence-corrected chi connectivity index (χ1v) is 7.71. The first-order valence-electron chi connectivity index (χ1n) is 6.92. The second-order valence-electron chi connectivity index (χ2n) is 4.98. The Morgan fingerprint density at radius 2 is 1.68 bits per heavy atom. The van der Waals surface area contributed by atoms with Crippen LogP contribution in [0.25, 0.3) is 0 Å². The van der Waals surface area contributed by atoms with Gasteiger partial charge in [0, 0.05) is 10.9 Å². The molecule has 2 aromatic rings. The summed E-state index contributed by atoms with van der Waals surface area (Å²) < 4.78 is 0.888. The Hall–Kier alpha value is -2.14. The first-order chi connectivity index (χ1) is 10.6. The van der Waals surface area contributed by atoms with Crippen molar-refractivity contribution in [1.82, 2.24) is 5.32 Å². The van der Waals surface area contributed by atoms with Crippen LogP contribution in [0.1, 0.15) is 11.1 Å². The molecule has 0 aliphatic carbocycles. The molecule has 0 bridgehead atoms. The van der Waals surface area contributed by atoms with Crippen molar-refractivity contribution in [2.45, 2.75) is 18.9 Å². The Bertz CT molecular complexity index is 659. The smallest absolute Gasteiger partial charge is 0.240 e. The van der Waals surface area contributed by atoms with E-state index in [1.807, 2.05) is 54.6 Å². The van der Waals surface area contributed by atoms with Gasteiger partial charge >= 0.3 is 0 Å². The zero-order valence-electron chi connectivity index (χ0n) is 12.0. The first kappa shape index (κ1) is 16.2. The molecule has 2 rings (SSSR count). The number of hydrogen-bond donors (Lipinski definition) is 2. The molecule has 3 N–H and O–H groups in total.